The molecule has 0 atom stereocenters. The molecule has 6 nitrogen and oxygen atoms in total. The molecule has 0 aliphatic heterocycles. The van der Waals surface area contributed by atoms with Crippen molar-refractivity contribution in [1.29, 1.82) is 5.26 Å². The van der Waals surface area contributed by atoms with Crippen molar-refractivity contribution in [3.05, 3.63) is 87.9 Å². The smallest absolute Gasteiger partial charge is 0.234 e. The van der Waals surface area contributed by atoms with E-state index >= 15 is 0 Å². The highest BCUT2D eigenvalue weighted by atomic mass is 32.2. The van der Waals surface area contributed by atoms with Gasteiger partial charge in [-0.15, -0.1) is 11.3 Å². The number of hydrogen-bond acceptors (Lipinski definition) is 7. The highest BCUT2D eigenvalue weighted by Crippen LogP contribution is 2.34. The first-order valence-corrected chi connectivity index (χ1v) is 13.6. The van der Waals surface area contributed by atoms with E-state index in [9.17, 15) is 10.1 Å². The number of methoxy groups -OCH3 is 1. The highest BCUT2D eigenvalue weighted by molar-refractivity contribution is 8.04. The van der Waals surface area contributed by atoms with Gasteiger partial charge in [0.25, 0.3) is 0 Å². The summed E-state index contributed by atoms with van der Waals surface area (Å²) in [5, 5.41) is 17.7. The van der Waals surface area contributed by atoms with E-state index in [1.54, 1.807) is 7.11 Å². The number of nitrogens with one attached hydrogen (secondary N) is 2. The number of fused-ring (bicyclic) bond motifs is 1. The summed E-state index contributed by atoms with van der Waals surface area (Å²) in [5.41, 5.74) is 4.93. The SMILES string of the molecule is COc1cccc(N/C(SCC(=O)Nc2c(C)cccc2C(C)C)=C(\C#N)c2nc3ccccc3s2)c1. The van der Waals surface area contributed by atoms with Crippen LogP contribution in [-0.2, 0) is 4.79 Å². The van der Waals surface area contributed by atoms with Crippen LogP contribution in [0.5, 0.6) is 5.75 Å². The third kappa shape index (κ3) is 6.31. The van der Waals surface area contributed by atoms with Crippen molar-refractivity contribution in [2.75, 3.05) is 23.5 Å². The molecular weight excluding hydrogens is 500 g/mol. The number of benzene rings is 3. The van der Waals surface area contributed by atoms with Crippen molar-refractivity contribution in [3.8, 4) is 11.8 Å². The Hall–Kier alpha value is -3.80. The van der Waals surface area contributed by atoms with Crippen molar-refractivity contribution in [1.82, 2.24) is 4.98 Å². The van der Waals surface area contributed by atoms with Crippen molar-refractivity contribution in [2.24, 2.45) is 0 Å². The first-order chi connectivity index (χ1) is 17.9. The van der Waals surface area contributed by atoms with Crippen LogP contribution in [0.1, 0.15) is 35.9 Å². The molecule has 2 N–H and O–H groups in total. The number of thiazole rings is 1. The number of nitriles is 1. The zero-order valence-electron chi connectivity index (χ0n) is 21.2. The van der Waals surface area contributed by atoms with Crippen LogP contribution in [0.25, 0.3) is 15.8 Å². The number of aromatic nitrogens is 1. The summed E-state index contributed by atoms with van der Waals surface area (Å²) in [4.78, 5) is 17.8. The quantitative estimate of drug-likeness (QED) is 0.220. The fraction of sp³-hybridized carbons (Fsp3) is 0.207. The van der Waals surface area contributed by atoms with E-state index in [1.165, 1.54) is 23.1 Å². The van der Waals surface area contributed by atoms with Gasteiger partial charge in [-0.2, -0.15) is 5.26 Å². The van der Waals surface area contributed by atoms with Gasteiger partial charge in [-0.25, -0.2) is 4.98 Å². The molecule has 0 fully saturated rings. The second-order valence-corrected chi connectivity index (χ2v) is 10.7. The summed E-state index contributed by atoms with van der Waals surface area (Å²) in [5.74, 6) is 0.935. The number of thioether (sulfide) groups is 1. The molecule has 1 aromatic heterocycles. The Kier molecular flexibility index (Phi) is 8.49. The van der Waals surface area contributed by atoms with Crippen molar-refractivity contribution >= 4 is 56.2 Å². The van der Waals surface area contributed by atoms with Gasteiger partial charge >= 0.3 is 0 Å². The number of carbonyl (C=O) groups excluding carboxylic acids is 1. The number of amides is 1. The Morgan fingerprint density at radius 1 is 1.11 bits per heavy atom. The summed E-state index contributed by atoms with van der Waals surface area (Å²) in [6.07, 6.45) is 0. The standard InChI is InChI=1S/C29H28N4O2S2/c1-18(2)22-12-7-9-19(3)27(22)33-26(34)17-36-28(31-20-10-8-11-21(15-20)35-4)23(16-30)29-32-24-13-5-6-14-25(24)37-29/h5-15,18,31H,17H2,1-4H3,(H,33,34)/b28-23-. The summed E-state index contributed by atoms with van der Waals surface area (Å²) < 4.78 is 6.35. The van der Waals surface area contributed by atoms with E-state index in [0.29, 0.717) is 21.4 Å². The molecule has 0 saturated heterocycles. The van der Waals surface area contributed by atoms with Gasteiger partial charge in [0, 0.05) is 17.4 Å². The Bertz CT molecular complexity index is 1470. The van der Waals surface area contributed by atoms with Gasteiger partial charge in [0.15, 0.2) is 0 Å². The minimum atomic E-state index is -0.146. The molecule has 0 aliphatic carbocycles. The van der Waals surface area contributed by atoms with E-state index in [4.69, 9.17) is 4.74 Å². The normalized spacial score (nSPS) is 11.7. The Balaban J connectivity index is 1.65. The first kappa shape index (κ1) is 26.3. The minimum Gasteiger partial charge on any atom is -0.497 e. The van der Waals surface area contributed by atoms with Gasteiger partial charge in [0.2, 0.25) is 5.91 Å². The van der Waals surface area contributed by atoms with Crippen molar-refractivity contribution in [3.63, 3.8) is 0 Å². The second-order valence-electron chi connectivity index (χ2n) is 8.69. The summed E-state index contributed by atoms with van der Waals surface area (Å²) in [6, 6.07) is 23.6. The third-order valence-corrected chi connectivity index (χ3v) is 7.77. The van der Waals surface area contributed by atoms with Gasteiger partial charge in [-0.05, 0) is 48.2 Å². The number of aryl methyl sites for hydroxylation is 1. The maximum Gasteiger partial charge on any atom is 0.234 e. The molecule has 0 saturated carbocycles. The molecule has 0 spiro atoms. The lowest BCUT2D eigenvalue weighted by atomic mass is 9.98. The monoisotopic (exact) mass is 528 g/mol. The minimum absolute atomic E-state index is 0.119. The molecule has 0 aliphatic rings. The van der Waals surface area contributed by atoms with Crippen LogP contribution in [0.2, 0.25) is 0 Å². The van der Waals surface area contributed by atoms with Gasteiger partial charge in [0.05, 0.1) is 28.1 Å². The molecule has 0 bridgehead atoms. The molecule has 0 radical (unpaired) electrons. The highest BCUT2D eigenvalue weighted by Gasteiger charge is 2.18. The second kappa shape index (κ2) is 12.0. The first-order valence-electron chi connectivity index (χ1n) is 11.8. The molecular formula is C29H28N4O2S2. The number of ether oxygens (including phenoxy) is 1. The molecule has 188 valence electrons. The largest absolute Gasteiger partial charge is 0.497 e. The van der Waals surface area contributed by atoms with Crippen LogP contribution < -0.4 is 15.4 Å². The molecule has 1 heterocycles. The molecule has 37 heavy (non-hydrogen) atoms. The number of carbonyl (C=O) groups is 1. The van der Waals surface area contributed by atoms with Gasteiger partial charge in [-0.3, -0.25) is 4.79 Å². The van der Waals surface area contributed by atoms with Gasteiger partial charge in [0.1, 0.15) is 22.4 Å². The van der Waals surface area contributed by atoms with E-state index < -0.39 is 0 Å². The fourth-order valence-electron chi connectivity index (χ4n) is 3.83. The maximum atomic E-state index is 13.1. The average Bonchev–Trinajstić information content (AvgIpc) is 3.32. The van der Waals surface area contributed by atoms with Crippen LogP contribution in [0, 0.1) is 18.3 Å². The Morgan fingerprint density at radius 2 is 1.89 bits per heavy atom. The maximum absolute atomic E-state index is 13.1. The summed E-state index contributed by atoms with van der Waals surface area (Å²) in [7, 11) is 1.60. The zero-order valence-corrected chi connectivity index (χ0v) is 22.8. The topological polar surface area (TPSA) is 87.0 Å². The number of allylic oxidation sites excluding steroid dienone is 1. The van der Waals surface area contributed by atoms with E-state index in [-0.39, 0.29) is 17.6 Å². The molecule has 4 aromatic rings. The van der Waals surface area contributed by atoms with Gasteiger partial charge < -0.3 is 15.4 Å². The van der Waals surface area contributed by atoms with Crippen LogP contribution >= 0.6 is 23.1 Å². The zero-order chi connectivity index (χ0) is 26.4. The number of para-hydroxylation sites is 2. The fourth-order valence-corrected chi connectivity index (χ4v) is 5.69. The molecule has 4 rings (SSSR count). The Morgan fingerprint density at radius 3 is 2.62 bits per heavy atom. The van der Waals surface area contributed by atoms with Crippen LogP contribution in [0.4, 0.5) is 11.4 Å². The van der Waals surface area contributed by atoms with Crippen molar-refractivity contribution in [2.45, 2.75) is 26.7 Å². The predicted molar refractivity (Wildman–Crippen MR) is 155 cm³/mol. The Labute approximate surface area is 225 Å². The average molecular weight is 529 g/mol. The van der Waals surface area contributed by atoms with Crippen LogP contribution in [0.15, 0.2) is 71.8 Å². The molecule has 8 heteroatoms. The van der Waals surface area contributed by atoms with E-state index in [2.05, 4.69) is 35.5 Å². The number of anilines is 2. The number of nitrogens with zero attached hydrogens (tertiary/aromatic N) is 2. The predicted octanol–water partition coefficient (Wildman–Crippen LogP) is 7.41. The van der Waals surface area contributed by atoms with E-state index in [0.717, 1.165) is 32.7 Å². The number of hydrogen-bond donors (Lipinski definition) is 2. The lowest BCUT2D eigenvalue weighted by molar-refractivity contribution is -0.113. The van der Waals surface area contributed by atoms with Gasteiger partial charge in [-0.1, -0.05) is 62.0 Å². The molecule has 3 aromatic carbocycles. The van der Waals surface area contributed by atoms with Crippen LogP contribution in [0.3, 0.4) is 0 Å². The molecule has 1 amide bonds. The lowest BCUT2D eigenvalue weighted by Crippen LogP contribution is -2.17. The molecule has 0 unspecified atom stereocenters. The summed E-state index contributed by atoms with van der Waals surface area (Å²) >= 11 is 2.72. The lowest BCUT2D eigenvalue weighted by Gasteiger charge is -2.17. The summed E-state index contributed by atoms with van der Waals surface area (Å²) in [6.45, 7) is 6.20. The third-order valence-electron chi connectivity index (χ3n) is 5.71. The van der Waals surface area contributed by atoms with E-state index in [1.807, 2.05) is 73.7 Å². The number of rotatable bonds is 9. The van der Waals surface area contributed by atoms with Crippen molar-refractivity contribution < 1.29 is 9.53 Å². The van der Waals surface area contributed by atoms with Crippen LogP contribution in [-0.4, -0.2) is 23.8 Å².